The highest BCUT2D eigenvalue weighted by molar-refractivity contribution is 7.11. The lowest BCUT2D eigenvalue weighted by Crippen LogP contribution is -1.64. The van der Waals surface area contributed by atoms with E-state index >= 15 is 0 Å². The minimum absolute atomic E-state index is 1.27. The van der Waals surface area contributed by atoms with Crippen LogP contribution in [0, 0.1) is 0 Å². The van der Waals surface area contributed by atoms with E-state index < -0.39 is 0 Å². The maximum atomic E-state index is 3.06. The summed E-state index contributed by atoms with van der Waals surface area (Å²) >= 11 is 1.76. The predicted molar refractivity (Wildman–Crippen MR) is 45.9 cm³/mol. The van der Waals surface area contributed by atoms with Crippen molar-refractivity contribution < 1.29 is 0 Å². The van der Waals surface area contributed by atoms with Crippen molar-refractivity contribution in [2.75, 3.05) is 0 Å². The van der Waals surface area contributed by atoms with Gasteiger partial charge in [0.1, 0.15) is 0 Å². The van der Waals surface area contributed by atoms with Crippen LogP contribution in [0.5, 0.6) is 0 Å². The molecular weight excluding hydrogens is 140 g/mol. The summed E-state index contributed by atoms with van der Waals surface area (Å²) in [4.78, 5) is 1.32. The Morgan fingerprint density at radius 3 is 3.40 bits per heavy atom. The fraction of sp³-hybridized carbons (Fsp3) is 0. The van der Waals surface area contributed by atoms with Gasteiger partial charge in [-0.15, -0.1) is 17.1 Å². The first-order chi connectivity index (χ1) is 4.97. The standard InChI is InChI=1S/C9H6S/c1-2-4-8-6-7-10-9(8)5-3-1/h1,3-7H. The Labute approximate surface area is 63.8 Å². The van der Waals surface area contributed by atoms with E-state index in [1.165, 1.54) is 10.4 Å². The van der Waals surface area contributed by atoms with Crippen molar-refractivity contribution in [3.63, 3.8) is 0 Å². The van der Waals surface area contributed by atoms with E-state index in [4.69, 9.17) is 0 Å². The van der Waals surface area contributed by atoms with Gasteiger partial charge < -0.3 is 0 Å². The molecule has 1 aromatic rings. The summed E-state index contributed by atoms with van der Waals surface area (Å²) in [5.74, 6) is 0. The molecular formula is C9H6S. The molecule has 48 valence electrons. The van der Waals surface area contributed by atoms with Gasteiger partial charge in [-0.25, -0.2) is 0 Å². The van der Waals surface area contributed by atoms with Crippen LogP contribution < -0.4 is 0 Å². The van der Waals surface area contributed by atoms with Crippen molar-refractivity contribution in [3.05, 3.63) is 39.8 Å². The van der Waals surface area contributed by atoms with E-state index in [1.54, 1.807) is 11.3 Å². The van der Waals surface area contributed by atoms with Gasteiger partial charge in [-0.1, -0.05) is 6.08 Å². The number of allylic oxidation sites excluding steroid dienone is 2. The van der Waals surface area contributed by atoms with Crippen LogP contribution in [0.15, 0.2) is 29.3 Å². The van der Waals surface area contributed by atoms with Gasteiger partial charge in [0.2, 0.25) is 0 Å². The van der Waals surface area contributed by atoms with E-state index in [-0.39, 0.29) is 0 Å². The topological polar surface area (TPSA) is 0 Å². The smallest absolute Gasteiger partial charge is 0.0349 e. The van der Waals surface area contributed by atoms with E-state index in [2.05, 4.69) is 23.3 Å². The lowest BCUT2D eigenvalue weighted by atomic mass is 10.2. The first-order valence-electron chi connectivity index (χ1n) is 3.13. The quantitative estimate of drug-likeness (QED) is 0.494. The van der Waals surface area contributed by atoms with Crippen LogP contribution in [0.25, 0.3) is 12.2 Å². The van der Waals surface area contributed by atoms with Crippen molar-refractivity contribution in [1.29, 1.82) is 0 Å². The highest BCUT2D eigenvalue weighted by Crippen LogP contribution is 2.20. The molecule has 10 heavy (non-hydrogen) atoms. The molecule has 1 aliphatic rings. The van der Waals surface area contributed by atoms with Crippen molar-refractivity contribution in [3.8, 4) is 0 Å². The molecule has 0 bridgehead atoms. The molecule has 0 saturated carbocycles. The van der Waals surface area contributed by atoms with Crippen LogP contribution >= 0.6 is 11.3 Å². The maximum absolute atomic E-state index is 3.06. The number of hydrogen-bond acceptors (Lipinski definition) is 1. The first kappa shape index (κ1) is 5.72. The molecule has 0 unspecified atom stereocenters. The fourth-order valence-corrected chi connectivity index (χ4v) is 1.70. The Hall–Kier alpha value is -1.04. The van der Waals surface area contributed by atoms with Crippen molar-refractivity contribution >= 4 is 23.5 Å². The van der Waals surface area contributed by atoms with E-state index in [0.717, 1.165) is 0 Å². The summed E-state index contributed by atoms with van der Waals surface area (Å²) in [6.07, 6.45) is 8.05. The summed E-state index contributed by atoms with van der Waals surface area (Å²) in [7, 11) is 0. The Balaban J connectivity index is 2.68. The molecule has 0 saturated heterocycles. The molecule has 0 atom stereocenters. The molecule has 1 aromatic heterocycles. The molecule has 0 spiro atoms. The number of hydrogen-bond donors (Lipinski definition) is 0. The third-order valence-corrected chi connectivity index (χ3v) is 2.30. The average Bonchev–Trinajstić information content (AvgIpc) is 2.28. The minimum Gasteiger partial charge on any atom is -0.144 e. The van der Waals surface area contributed by atoms with Crippen molar-refractivity contribution in [1.82, 2.24) is 0 Å². The Bertz CT molecular complexity index is 322. The summed E-state index contributed by atoms with van der Waals surface area (Å²) in [5, 5.41) is 2.10. The second-order valence-corrected chi connectivity index (χ2v) is 3.02. The monoisotopic (exact) mass is 146 g/mol. The Morgan fingerprint density at radius 1 is 1.40 bits per heavy atom. The normalized spacial score (nSPS) is 13.2. The van der Waals surface area contributed by atoms with Crippen LogP contribution in [0.2, 0.25) is 0 Å². The van der Waals surface area contributed by atoms with Gasteiger partial charge in [-0.2, -0.15) is 0 Å². The van der Waals surface area contributed by atoms with Crippen LogP contribution in [-0.4, -0.2) is 0 Å². The zero-order valence-corrected chi connectivity index (χ0v) is 6.19. The Morgan fingerprint density at radius 2 is 2.40 bits per heavy atom. The summed E-state index contributed by atoms with van der Waals surface area (Å²) < 4.78 is 0. The average molecular weight is 146 g/mol. The second-order valence-electron chi connectivity index (χ2n) is 2.08. The molecule has 1 heterocycles. The Kier molecular flexibility index (Phi) is 1.31. The predicted octanol–water partition coefficient (Wildman–Crippen LogP) is 2.94. The van der Waals surface area contributed by atoms with Crippen LogP contribution in [0.4, 0.5) is 0 Å². The van der Waals surface area contributed by atoms with Gasteiger partial charge in [0.15, 0.2) is 0 Å². The molecule has 2 rings (SSSR count). The van der Waals surface area contributed by atoms with Crippen LogP contribution in [0.1, 0.15) is 10.4 Å². The van der Waals surface area contributed by atoms with Crippen molar-refractivity contribution in [2.24, 2.45) is 0 Å². The van der Waals surface area contributed by atoms with Gasteiger partial charge >= 0.3 is 0 Å². The highest BCUT2D eigenvalue weighted by Gasteiger charge is 1.96. The van der Waals surface area contributed by atoms with E-state index in [0.29, 0.717) is 0 Å². The molecule has 0 aromatic carbocycles. The fourth-order valence-electron chi connectivity index (χ4n) is 0.915. The van der Waals surface area contributed by atoms with Crippen molar-refractivity contribution in [2.45, 2.75) is 0 Å². The maximum Gasteiger partial charge on any atom is 0.0349 e. The third-order valence-electron chi connectivity index (χ3n) is 1.41. The number of rotatable bonds is 0. The SMILES string of the molecule is C1=CC=Cc2sccc2C=1. The lowest BCUT2D eigenvalue weighted by molar-refractivity contribution is 1.85. The molecule has 1 aliphatic carbocycles. The summed E-state index contributed by atoms with van der Waals surface area (Å²) in [6.45, 7) is 0. The molecule has 0 nitrogen and oxygen atoms in total. The molecule has 0 radical (unpaired) electrons. The largest absolute Gasteiger partial charge is 0.144 e. The molecule has 1 heteroatoms. The minimum atomic E-state index is 1.27. The van der Waals surface area contributed by atoms with Crippen LogP contribution in [-0.2, 0) is 0 Å². The van der Waals surface area contributed by atoms with Gasteiger partial charge in [0, 0.05) is 10.4 Å². The van der Waals surface area contributed by atoms with Gasteiger partial charge in [-0.05, 0) is 29.7 Å². The van der Waals surface area contributed by atoms with Gasteiger partial charge in [-0.3, -0.25) is 0 Å². The lowest BCUT2D eigenvalue weighted by Gasteiger charge is -1.84. The van der Waals surface area contributed by atoms with E-state index in [1.807, 2.05) is 18.2 Å². The van der Waals surface area contributed by atoms with Crippen LogP contribution in [0.3, 0.4) is 0 Å². The molecule has 0 fully saturated rings. The number of fused-ring (bicyclic) bond motifs is 1. The van der Waals surface area contributed by atoms with E-state index in [9.17, 15) is 0 Å². The third kappa shape index (κ3) is 0.860. The first-order valence-corrected chi connectivity index (χ1v) is 4.01. The number of thiophene rings is 1. The molecule has 0 amide bonds. The highest BCUT2D eigenvalue weighted by atomic mass is 32.1. The second kappa shape index (κ2) is 2.30. The summed E-state index contributed by atoms with van der Waals surface area (Å²) in [5.41, 5.74) is 4.33. The summed E-state index contributed by atoms with van der Waals surface area (Å²) in [6, 6.07) is 2.11. The molecule has 0 aliphatic heterocycles. The zero-order chi connectivity index (χ0) is 6.81. The molecule has 0 N–H and O–H groups in total. The zero-order valence-electron chi connectivity index (χ0n) is 5.37. The van der Waals surface area contributed by atoms with Gasteiger partial charge in [0.25, 0.3) is 0 Å². The van der Waals surface area contributed by atoms with Gasteiger partial charge in [0.05, 0.1) is 0 Å².